The smallest absolute Gasteiger partial charge is 0.257 e. The van der Waals surface area contributed by atoms with E-state index in [-0.39, 0.29) is 18.3 Å². The molecule has 1 amide bonds. The number of carbonyl (C=O) groups excluding carboxylic acids is 1. The van der Waals surface area contributed by atoms with Gasteiger partial charge in [-0.25, -0.2) is 0 Å². The number of methoxy groups -OCH3 is 1. The van der Waals surface area contributed by atoms with Crippen LogP contribution < -0.4 is 5.32 Å². The zero-order chi connectivity index (χ0) is 9.56. The topological polar surface area (TPSA) is 47.6 Å². The van der Waals surface area contributed by atoms with Gasteiger partial charge in [0.1, 0.15) is 0 Å². The first-order chi connectivity index (χ1) is 5.61. The van der Waals surface area contributed by atoms with Crippen molar-refractivity contribution in [1.82, 2.24) is 5.32 Å². The van der Waals surface area contributed by atoms with Gasteiger partial charge in [0.2, 0.25) is 0 Å². The van der Waals surface area contributed by atoms with Gasteiger partial charge < -0.3 is 14.8 Å². The minimum atomic E-state index is -0.222. The summed E-state index contributed by atoms with van der Waals surface area (Å²) in [5.74, 6) is 0.361. The fourth-order valence-corrected chi connectivity index (χ4v) is 0.419. The Balaban J connectivity index is 3.72. The normalized spacial score (nSPS) is 8.50. The Labute approximate surface area is 71.9 Å². The van der Waals surface area contributed by atoms with Crippen LogP contribution in [0, 0.1) is 0 Å². The van der Waals surface area contributed by atoms with Crippen molar-refractivity contribution < 1.29 is 14.3 Å². The summed E-state index contributed by atoms with van der Waals surface area (Å²) in [7, 11) is 2.98. The van der Waals surface area contributed by atoms with Crippen LogP contribution in [0.1, 0.15) is 0 Å². The lowest BCUT2D eigenvalue weighted by atomic mass is 10.5. The second-order valence-electron chi connectivity index (χ2n) is 2.01. The summed E-state index contributed by atoms with van der Waals surface area (Å²) in [5, 5.41) is 2.40. The van der Waals surface area contributed by atoms with E-state index in [1.165, 1.54) is 14.2 Å². The van der Waals surface area contributed by atoms with Gasteiger partial charge in [0.25, 0.3) is 5.91 Å². The van der Waals surface area contributed by atoms with E-state index in [2.05, 4.69) is 18.5 Å². The van der Waals surface area contributed by atoms with E-state index in [9.17, 15) is 4.79 Å². The van der Waals surface area contributed by atoms with Crippen LogP contribution in [0.2, 0.25) is 0 Å². The summed E-state index contributed by atoms with van der Waals surface area (Å²) in [5.41, 5.74) is 0. The van der Waals surface area contributed by atoms with Gasteiger partial charge in [-0.1, -0.05) is 13.2 Å². The Kier molecular flexibility index (Phi) is 4.60. The number of hydrogen-bond acceptors (Lipinski definition) is 3. The highest BCUT2D eigenvalue weighted by molar-refractivity contribution is 5.76. The Bertz CT molecular complexity index is 198. The van der Waals surface area contributed by atoms with Crippen molar-refractivity contribution in [2.75, 3.05) is 20.8 Å². The summed E-state index contributed by atoms with van der Waals surface area (Å²) < 4.78 is 9.64. The average molecular weight is 171 g/mol. The SMILES string of the molecule is C=C(OC)C(=C)OCC(=O)NC. The summed E-state index contributed by atoms with van der Waals surface area (Å²) in [6.45, 7) is 6.93. The van der Waals surface area contributed by atoms with E-state index in [0.717, 1.165) is 0 Å². The molecule has 0 saturated carbocycles. The lowest BCUT2D eigenvalue weighted by Gasteiger charge is -2.08. The predicted molar refractivity (Wildman–Crippen MR) is 45.3 cm³/mol. The molecule has 0 aliphatic carbocycles. The molecule has 0 aromatic rings. The van der Waals surface area contributed by atoms with E-state index in [0.29, 0.717) is 5.76 Å². The molecule has 4 heteroatoms. The Morgan fingerprint density at radius 1 is 1.42 bits per heavy atom. The molecule has 0 unspecified atom stereocenters. The maximum absolute atomic E-state index is 10.7. The quantitative estimate of drug-likeness (QED) is 0.482. The molecule has 4 nitrogen and oxygen atoms in total. The minimum Gasteiger partial charge on any atom is -0.494 e. The van der Waals surface area contributed by atoms with Gasteiger partial charge in [-0.2, -0.15) is 0 Å². The molecule has 68 valence electrons. The fourth-order valence-electron chi connectivity index (χ4n) is 0.419. The molecule has 12 heavy (non-hydrogen) atoms. The second-order valence-corrected chi connectivity index (χ2v) is 2.01. The monoisotopic (exact) mass is 171 g/mol. The Hall–Kier alpha value is -1.45. The first kappa shape index (κ1) is 10.6. The van der Waals surface area contributed by atoms with Gasteiger partial charge in [0.05, 0.1) is 7.11 Å². The van der Waals surface area contributed by atoms with Crippen LogP contribution in [-0.2, 0) is 14.3 Å². The highest BCUT2D eigenvalue weighted by atomic mass is 16.5. The molecule has 0 aliphatic heterocycles. The number of nitrogens with one attached hydrogen (secondary N) is 1. The zero-order valence-electron chi connectivity index (χ0n) is 7.35. The summed E-state index contributed by atoms with van der Waals surface area (Å²) >= 11 is 0. The van der Waals surface area contributed by atoms with Gasteiger partial charge in [0.15, 0.2) is 18.1 Å². The fraction of sp³-hybridized carbons (Fsp3) is 0.375. The molecular weight excluding hydrogens is 158 g/mol. The third-order valence-corrected chi connectivity index (χ3v) is 1.21. The van der Waals surface area contributed by atoms with Crippen molar-refractivity contribution in [2.24, 2.45) is 0 Å². The van der Waals surface area contributed by atoms with Crippen LogP contribution in [0.15, 0.2) is 24.7 Å². The van der Waals surface area contributed by atoms with Crippen LogP contribution in [0.3, 0.4) is 0 Å². The molecule has 0 bridgehead atoms. The van der Waals surface area contributed by atoms with Gasteiger partial charge in [-0.3, -0.25) is 4.79 Å². The second kappa shape index (κ2) is 5.23. The van der Waals surface area contributed by atoms with Gasteiger partial charge >= 0.3 is 0 Å². The number of likely N-dealkylation sites (N-methyl/N-ethyl adjacent to an activating group) is 1. The number of ether oxygens (including phenoxy) is 2. The highest BCUT2D eigenvalue weighted by Gasteiger charge is 2.03. The van der Waals surface area contributed by atoms with Crippen molar-refractivity contribution in [1.29, 1.82) is 0 Å². The van der Waals surface area contributed by atoms with Crippen molar-refractivity contribution in [3.63, 3.8) is 0 Å². The third-order valence-electron chi connectivity index (χ3n) is 1.21. The first-order valence-corrected chi connectivity index (χ1v) is 3.37. The van der Waals surface area contributed by atoms with Crippen LogP contribution in [0.5, 0.6) is 0 Å². The summed E-state index contributed by atoms with van der Waals surface area (Å²) in [4.78, 5) is 10.7. The third kappa shape index (κ3) is 3.65. The van der Waals surface area contributed by atoms with Gasteiger partial charge in [0, 0.05) is 7.05 Å². The zero-order valence-corrected chi connectivity index (χ0v) is 7.35. The number of rotatable bonds is 5. The molecule has 0 spiro atoms. The van der Waals surface area contributed by atoms with E-state index >= 15 is 0 Å². The van der Waals surface area contributed by atoms with Crippen molar-refractivity contribution in [3.8, 4) is 0 Å². The van der Waals surface area contributed by atoms with Gasteiger partial charge in [-0.15, -0.1) is 0 Å². The van der Waals surface area contributed by atoms with Gasteiger partial charge in [-0.05, 0) is 0 Å². The molecule has 0 fully saturated rings. The van der Waals surface area contributed by atoms with E-state index in [1.54, 1.807) is 0 Å². The van der Waals surface area contributed by atoms with E-state index < -0.39 is 0 Å². The van der Waals surface area contributed by atoms with Crippen LogP contribution in [0.25, 0.3) is 0 Å². The molecule has 0 aliphatic rings. The number of carbonyl (C=O) groups is 1. The maximum atomic E-state index is 10.7. The molecule has 0 heterocycles. The first-order valence-electron chi connectivity index (χ1n) is 3.37. The summed E-state index contributed by atoms with van der Waals surface area (Å²) in [6.07, 6.45) is 0. The van der Waals surface area contributed by atoms with Crippen molar-refractivity contribution in [2.45, 2.75) is 0 Å². The number of amides is 1. The van der Waals surface area contributed by atoms with Crippen molar-refractivity contribution >= 4 is 5.91 Å². The molecule has 0 radical (unpaired) electrons. The molecule has 0 atom stereocenters. The van der Waals surface area contributed by atoms with E-state index in [1.807, 2.05) is 0 Å². The molecule has 0 aromatic carbocycles. The van der Waals surface area contributed by atoms with Crippen LogP contribution >= 0.6 is 0 Å². The molecule has 0 saturated heterocycles. The Morgan fingerprint density at radius 2 is 2.00 bits per heavy atom. The molecule has 0 rings (SSSR count). The minimum absolute atomic E-state index is 0.0717. The largest absolute Gasteiger partial charge is 0.494 e. The molecule has 0 aromatic heterocycles. The average Bonchev–Trinajstić information content (AvgIpc) is 2.11. The molecular formula is C8H13NO3. The maximum Gasteiger partial charge on any atom is 0.257 e. The van der Waals surface area contributed by atoms with Crippen molar-refractivity contribution in [3.05, 3.63) is 24.7 Å². The Morgan fingerprint density at radius 3 is 2.42 bits per heavy atom. The summed E-state index contributed by atoms with van der Waals surface area (Å²) in [6, 6.07) is 0. The van der Waals surface area contributed by atoms with Crippen LogP contribution in [-0.4, -0.2) is 26.7 Å². The lowest BCUT2D eigenvalue weighted by molar-refractivity contribution is -0.123. The standard InChI is InChI=1S/C8H13NO3/c1-6(11-4)7(2)12-5-8(10)9-3/h1-2,5H2,3-4H3,(H,9,10). The predicted octanol–water partition coefficient (Wildman–Crippen LogP) is 0.423. The van der Waals surface area contributed by atoms with Crippen LogP contribution in [0.4, 0.5) is 0 Å². The molecule has 1 N–H and O–H groups in total. The van der Waals surface area contributed by atoms with E-state index in [4.69, 9.17) is 9.47 Å². The lowest BCUT2D eigenvalue weighted by Crippen LogP contribution is -2.23. The number of hydrogen-bond donors (Lipinski definition) is 1. The highest BCUT2D eigenvalue weighted by Crippen LogP contribution is 2.05.